The average Bonchev–Trinajstić information content (AvgIpc) is 3.65. The lowest BCUT2D eigenvalue weighted by molar-refractivity contribution is -0.138. The predicted molar refractivity (Wildman–Crippen MR) is 157 cm³/mol. The van der Waals surface area contributed by atoms with Crippen LogP contribution in [-0.4, -0.2) is 47.4 Å². The number of anilines is 2. The Kier molecular flexibility index (Phi) is 7.36. The third kappa shape index (κ3) is 4.80. The van der Waals surface area contributed by atoms with Crippen molar-refractivity contribution >= 4 is 39.7 Å². The number of rotatable bonds is 7. The number of carboxylic acids is 1. The fraction of sp³-hybridized carbons (Fsp3) is 0.613. The Balaban J connectivity index is 1.22. The first-order chi connectivity index (χ1) is 19.3. The molecule has 3 fully saturated rings. The molecule has 2 N–H and O–H groups in total. The van der Waals surface area contributed by atoms with Crippen molar-refractivity contribution < 1.29 is 19.5 Å². The lowest BCUT2D eigenvalue weighted by atomic mass is 9.54. The fourth-order valence-corrected chi connectivity index (χ4v) is 9.27. The molecule has 1 amide bonds. The van der Waals surface area contributed by atoms with Crippen molar-refractivity contribution in [1.29, 1.82) is 0 Å². The molecule has 2 heterocycles. The number of carbonyl (C=O) groups is 2. The molecular weight excluding hydrogens is 524 g/mol. The van der Waals surface area contributed by atoms with Gasteiger partial charge in [-0.05, 0) is 105 Å². The molecule has 8 nitrogen and oxygen atoms in total. The average molecular weight is 565 g/mol. The van der Waals surface area contributed by atoms with Crippen molar-refractivity contribution in [2.45, 2.75) is 83.6 Å². The number of hydrogen-bond donors (Lipinski definition) is 2. The van der Waals surface area contributed by atoms with Gasteiger partial charge >= 0.3 is 5.97 Å². The number of carbonyl (C=O) groups excluding carboxylic acids is 1. The zero-order valence-electron chi connectivity index (χ0n) is 23.7. The van der Waals surface area contributed by atoms with Gasteiger partial charge in [0, 0.05) is 35.1 Å². The second-order valence-corrected chi connectivity index (χ2v) is 13.6. The van der Waals surface area contributed by atoms with E-state index in [0.717, 1.165) is 67.8 Å². The Morgan fingerprint density at radius 2 is 2.15 bits per heavy atom. The van der Waals surface area contributed by atoms with Gasteiger partial charge in [-0.25, -0.2) is 9.78 Å². The van der Waals surface area contributed by atoms with Crippen molar-refractivity contribution in [2.24, 2.45) is 28.3 Å². The van der Waals surface area contributed by atoms with E-state index in [1.54, 1.807) is 13.3 Å². The minimum atomic E-state index is -0.724. The van der Waals surface area contributed by atoms with Gasteiger partial charge in [0.05, 0.1) is 5.71 Å². The number of amides is 1. The molecule has 3 aliphatic carbocycles. The number of nitrogens with zero attached hydrogens (tertiary/aromatic N) is 3. The van der Waals surface area contributed by atoms with Crippen LogP contribution in [-0.2, 0) is 20.8 Å². The normalized spacial score (nSPS) is 31.9. The van der Waals surface area contributed by atoms with E-state index in [2.05, 4.69) is 45.5 Å². The van der Waals surface area contributed by atoms with Crippen molar-refractivity contribution in [3.63, 3.8) is 0 Å². The van der Waals surface area contributed by atoms with Crippen LogP contribution in [0.3, 0.4) is 0 Å². The molecule has 0 spiro atoms. The van der Waals surface area contributed by atoms with Gasteiger partial charge in [0.25, 0.3) is 0 Å². The molecule has 9 heteroatoms. The van der Waals surface area contributed by atoms with Gasteiger partial charge in [0.2, 0.25) is 5.91 Å². The van der Waals surface area contributed by atoms with Gasteiger partial charge in [-0.1, -0.05) is 18.1 Å². The summed E-state index contributed by atoms with van der Waals surface area (Å²) in [6.07, 6.45) is 9.94. The zero-order chi connectivity index (χ0) is 28.0. The Morgan fingerprint density at radius 3 is 2.90 bits per heavy atom. The smallest absolute Gasteiger partial charge is 0.326 e. The molecule has 4 unspecified atom stereocenters. The van der Waals surface area contributed by atoms with E-state index in [-0.39, 0.29) is 11.3 Å². The second-order valence-electron chi connectivity index (χ2n) is 12.4. The van der Waals surface area contributed by atoms with Crippen LogP contribution in [0, 0.1) is 30.1 Å². The van der Waals surface area contributed by atoms with Crippen LogP contribution in [0.15, 0.2) is 29.6 Å². The summed E-state index contributed by atoms with van der Waals surface area (Å²) in [5.74, 6) is 1.17. The highest BCUT2D eigenvalue weighted by atomic mass is 32.1. The van der Waals surface area contributed by atoms with E-state index >= 15 is 0 Å². The number of carboxylic acid groups (broad SMARTS) is 1. The number of nitrogens with one attached hydrogen (secondary N) is 1. The van der Waals surface area contributed by atoms with Gasteiger partial charge in [0.1, 0.15) is 13.2 Å². The molecular formula is C31H40N4O4S. The fourth-order valence-electron chi connectivity index (χ4n) is 8.59. The molecule has 6 rings (SSSR count). The first kappa shape index (κ1) is 27.2. The molecule has 40 heavy (non-hydrogen) atoms. The summed E-state index contributed by atoms with van der Waals surface area (Å²) in [6.45, 7) is 5.18. The molecule has 0 bridgehead atoms. The molecule has 2 saturated carbocycles. The second kappa shape index (κ2) is 10.8. The van der Waals surface area contributed by atoms with Gasteiger partial charge in [-0.2, -0.15) is 0 Å². The Morgan fingerprint density at radius 1 is 1.30 bits per heavy atom. The third-order valence-electron chi connectivity index (χ3n) is 10.3. The van der Waals surface area contributed by atoms with Crippen molar-refractivity contribution in [3.05, 3.63) is 40.4 Å². The van der Waals surface area contributed by atoms with Gasteiger partial charge in [0.15, 0.2) is 5.13 Å². The van der Waals surface area contributed by atoms with Gasteiger partial charge in [-0.15, -0.1) is 11.3 Å². The molecule has 1 aliphatic heterocycles. The summed E-state index contributed by atoms with van der Waals surface area (Å²) in [4.78, 5) is 37.4. The minimum Gasteiger partial charge on any atom is -0.480 e. The van der Waals surface area contributed by atoms with Crippen LogP contribution >= 0.6 is 11.3 Å². The maximum Gasteiger partial charge on any atom is 0.326 e. The number of aliphatic carboxylic acids is 1. The third-order valence-corrected chi connectivity index (χ3v) is 11.1. The van der Waals surface area contributed by atoms with Crippen LogP contribution in [0.4, 0.5) is 10.8 Å². The number of oxime groups is 1. The Bertz CT molecular complexity index is 1320. The molecule has 0 radical (unpaired) electrons. The molecule has 1 aromatic heterocycles. The standard InChI is InChI=1S/C31H40N4O4S/c1-18-17-32-30(40-18)33-27(36)11-7-20-16-26(34-39-3)31(2)13-12-23-22-10-8-21(35-14-4-5-25(35)29(37)38)15-19(22)6-9-24(23)28(20)31/h8,10,15,17,20,23-25,28H,4-7,9,11-14,16H2,1-3H3,(H,37,38)(H,32,33,36)/b34-26+/t20-,23?,24?,25?,28?,31-/m1/s1. The highest BCUT2D eigenvalue weighted by Crippen LogP contribution is 2.62. The highest BCUT2D eigenvalue weighted by molar-refractivity contribution is 7.15. The summed E-state index contributed by atoms with van der Waals surface area (Å²) in [7, 11) is 1.64. The van der Waals surface area contributed by atoms with Crippen LogP contribution in [0.1, 0.15) is 80.2 Å². The summed E-state index contributed by atoms with van der Waals surface area (Å²) in [6, 6.07) is 6.30. The summed E-state index contributed by atoms with van der Waals surface area (Å²) in [5.41, 5.74) is 5.04. The number of aromatic nitrogens is 1. The minimum absolute atomic E-state index is 0.00750. The Labute approximate surface area is 240 Å². The zero-order valence-corrected chi connectivity index (χ0v) is 24.5. The van der Waals surface area contributed by atoms with Crippen molar-refractivity contribution in [1.82, 2.24) is 4.98 Å². The Hall–Kier alpha value is -2.94. The topological polar surface area (TPSA) is 104 Å². The van der Waals surface area contributed by atoms with E-state index in [1.807, 2.05) is 6.92 Å². The van der Waals surface area contributed by atoms with Crippen LogP contribution in [0.2, 0.25) is 0 Å². The van der Waals surface area contributed by atoms with E-state index in [4.69, 9.17) is 4.84 Å². The van der Waals surface area contributed by atoms with Crippen molar-refractivity contribution in [3.8, 4) is 0 Å². The number of hydrogen-bond acceptors (Lipinski definition) is 7. The van der Waals surface area contributed by atoms with E-state index in [0.29, 0.717) is 41.6 Å². The molecule has 1 aromatic carbocycles. The molecule has 6 atom stereocenters. The van der Waals surface area contributed by atoms with E-state index in [9.17, 15) is 14.7 Å². The van der Waals surface area contributed by atoms with Gasteiger partial charge < -0.3 is 20.2 Å². The van der Waals surface area contributed by atoms with E-state index < -0.39 is 12.0 Å². The molecule has 214 valence electrons. The summed E-state index contributed by atoms with van der Waals surface area (Å²) in [5, 5.41) is 17.9. The van der Waals surface area contributed by atoms with Crippen LogP contribution in [0.5, 0.6) is 0 Å². The monoisotopic (exact) mass is 564 g/mol. The maximum atomic E-state index is 12.8. The van der Waals surface area contributed by atoms with Crippen LogP contribution in [0.25, 0.3) is 0 Å². The quantitative estimate of drug-likeness (QED) is 0.399. The summed E-state index contributed by atoms with van der Waals surface area (Å²) >= 11 is 1.51. The first-order valence-corrected chi connectivity index (χ1v) is 15.5. The molecule has 2 aromatic rings. The van der Waals surface area contributed by atoms with Gasteiger partial charge in [-0.3, -0.25) is 4.79 Å². The predicted octanol–water partition coefficient (Wildman–Crippen LogP) is 6.01. The number of aryl methyl sites for hydroxylation is 2. The number of thiazole rings is 1. The largest absolute Gasteiger partial charge is 0.480 e. The number of benzene rings is 1. The first-order valence-electron chi connectivity index (χ1n) is 14.7. The van der Waals surface area contributed by atoms with Crippen LogP contribution < -0.4 is 10.2 Å². The van der Waals surface area contributed by atoms with E-state index in [1.165, 1.54) is 22.5 Å². The summed E-state index contributed by atoms with van der Waals surface area (Å²) < 4.78 is 0. The van der Waals surface area contributed by atoms with Crippen molar-refractivity contribution in [2.75, 3.05) is 23.9 Å². The molecule has 4 aliphatic rings. The lowest BCUT2D eigenvalue weighted by Crippen LogP contribution is -2.44. The maximum absolute atomic E-state index is 12.8. The highest BCUT2D eigenvalue weighted by Gasteiger charge is 2.57. The SMILES string of the molecule is CO/N=C1\C[C@@H](CCC(=O)Nc2ncc(C)s2)C2C3CCc4cc(N5CCCC5C(=O)O)ccc4C3CC[C@]12C. The lowest BCUT2D eigenvalue weighted by Gasteiger charge is -2.50. The number of fused-ring (bicyclic) bond motifs is 5. The molecule has 1 saturated heterocycles.